The van der Waals surface area contributed by atoms with Crippen LogP contribution in [0, 0.1) is 6.92 Å². The van der Waals surface area contributed by atoms with Crippen molar-refractivity contribution >= 4 is 11.6 Å². The molecule has 0 unspecified atom stereocenters. The number of hydrogen-bond donors (Lipinski definition) is 0. The summed E-state index contributed by atoms with van der Waals surface area (Å²) in [5.41, 5.74) is 1.87. The van der Waals surface area contributed by atoms with E-state index in [4.69, 9.17) is 21.1 Å². The average molecular weight is 389 g/mol. The van der Waals surface area contributed by atoms with Crippen molar-refractivity contribution in [2.45, 2.75) is 33.5 Å². The van der Waals surface area contributed by atoms with Crippen LogP contribution in [0.15, 0.2) is 41.2 Å². The summed E-state index contributed by atoms with van der Waals surface area (Å²) in [6, 6.07) is 10.9. The SMILES string of the molecule is Cc1ccc(Cl)cc1OCc1c(OC(C)C)cccc1-n1nnn(C)c1=O. The summed E-state index contributed by atoms with van der Waals surface area (Å²) in [4.78, 5) is 12.3. The molecule has 0 bridgehead atoms. The van der Waals surface area contributed by atoms with Gasteiger partial charge in [0.15, 0.2) is 0 Å². The van der Waals surface area contributed by atoms with E-state index in [1.165, 1.54) is 9.36 Å². The molecule has 2 aromatic carbocycles. The molecule has 7 nitrogen and oxygen atoms in total. The van der Waals surface area contributed by atoms with Gasteiger partial charge in [-0.15, -0.1) is 0 Å². The molecule has 27 heavy (non-hydrogen) atoms. The Balaban J connectivity index is 2.04. The van der Waals surface area contributed by atoms with Crippen LogP contribution in [0.5, 0.6) is 11.5 Å². The fourth-order valence-electron chi connectivity index (χ4n) is 2.61. The lowest BCUT2D eigenvalue weighted by Gasteiger charge is -2.18. The normalized spacial score (nSPS) is 11.0. The van der Waals surface area contributed by atoms with Crippen LogP contribution in [0.1, 0.15) is 25.0 Å². The Morgan fingerprint density at radius 1 is 1.15 bits per heavy atom. The van der Waals surface area contributed by atoms with Crippen molar-refractivity contribution in [3.05, 3.63) is 63.0 Å². The van der Waals surface area contributed by atoms with E-state index >= 15 is 0 Å². The minimum absolute atomic E-state index is 0.0366. The summed E-state index contributed by atoms with van der Waals surface area (Å²) in [5.74, 6) is 1.29. The van der Waals surface area contributed by atoms with Gasteiger partial charge in [0.05, 0.1) is 17.4 Å². The zero-order chi connectivity index (χ0) is 19.6. The summed E-state index contributed by atoms with van der Waals surface area (Å²) in [5, 5.41) is 8.31. The van der Waals surface area contributed by atoms with E-state index in [-0.39, 0.29) is 18.4 Å². The Bertz CT molecular complexity index is 1010. The molecule has 3 aromatic rings. The third kappa shape index (κ3) is 4.14. The Morgan fingerprint density at radius 2 is 1.93 bits per heavy atom. The lowest BCUT2D eigenvalue weighted by molar-refractivity contribution is 0.230. The van der Waals surface area contributed by atoms with Crippen molar-refractivity contribution < 1.29 is 9.47 Å². The molecule has 0 radical (unpaired) electrons. The van der Waals surface area contributed by atoms with Gasteiger partial charge in [-0.05, 0) is 61.0 Å². The maximum atomic E-state index is 12.3. The Hall–Kier alpha value is -2.80. The monoisotopic (exact) mass is 388 g/mol. The smallest absolute Gasteiger partial charge is 0.368 e. The molecule has 0 aliphatic heterocycles. The number of aromatic nitrogens is 4. The van der Waals surface area contributed by atoms with Crippen LogP contribution in [0.3, 0.4) is 0 Å². The summed E-state index contributed by atoms with van der Waals surface area (Å²) in [7, 11) is 1.55. The minimum atomic E-state index is -0.350. The topological polar surface area (TPSA) is 71.2 Å². The summed E-state index contributed by atoms with van der Waals surface area (Å²) in [6.45, 7) is 6.00. The van der Waals surface area contributed by atoms with E-state index in [0.717, 1.165) is 5.56 Å². The number of ether oxygens (including phenoxy) is 2. The molecule has 0 atom stereocenters. The predicted octanol–water partition coefficient (Wildman–Crippen LogP) is 3.29. The van der Waals surface area contributed by atoms with Gasteiger partial charge >= 0.3 is 5.69 Å². The molecule has 0 spiro atoms. The van der Waals surface area contributed by atoms with Gasteiger partial charge in [0.25, 0.3) is 0 Å². The fraction of sp³-hybridized carbons (Fsp3) is 0.316. The molecule has 0 aliphatic rings. The van der Waals surface area contributed by atoms with Crippen molar-refractivity contribution in [2.75, 3.05) is 0 Å². The molecule has 8 heteroatoms. The second-order valence-corrected chi connectivity index (χ2v) is 6.85. The first-order valence-corrected chi connectivity index (χ1v) is 8.91. The van der Waals surface area contributed by atoms with Gasteiger partial charge in [-0.2, -0.15) is 9.36 Å². The van der Waals surface area contributed by atoms with Crippen LogP contribution in [0.25, 0.3) is 5.69 Å². The van der Waals surface area contributed by atoms with Gasteiger partial charge < -0.3 is 9.47 Å². The highest BCUT2D eigenvalue weighted by Gasteiger charge is 2.17. The number of aryl methyl sites for hydroxylation is 2. The first kappa shape index (κ1) is 19.0. The highest BCUT2D eigenvalue weighted by atomic mass is 35.5. The number of nitrogens with zero attached hydrogens (tertiary/aromatic N) is 4. The Kier molecular flexibility index (Phi) is 5.51. The molecule has 0 N–H and O–H groups in total. The van der Waals surface area contributed by atoms with Crippen LogP contribution in [-0.4, -0.2) is 25.9 Å². The van der Waals surface area contributed by atoms with Gasteiger partial charge in [-0.1, -0.05) is 23.7 Å². The number of halogens is 1. The van der Waals surface area contributed by atoms with E-state index in [1.54, 1.807) is 19.2 Å². The van der Waals surface area contributed by atoms with Crippen molar-refractivity contribution in [2.24, 2.45) is 7.05 Å². The fourth-order valence-corrected chi connectivity index (χ4v) is 2.77. The lowest BCUT2D eigenvalue weighted by atomic mass is 10.1. The van der Waals surface area contributed by atoms with Crippen LogP contribution in [0.2, 0.25) is 5.02 Å². The second-order valence-electron chi connectivity index (χ2n) is 6.42. The zero-order valence-corrected chi connectivity index (χ0v) is 16.4. The molecule has 1 aromatic heterocycles. The molecule has 0 fully saturated rings. The quantitative estimate of drug-likeness (QED) is 0.648. The molecule has 0 aliphatic carbocycles. The number of benzene rings is 2. The van der Waals surface area contributed by atoms with Crippen LogP contribution >= 0.6 is 11.6 Å². The van der Waals surface area contributed by atoms with Gasteiger partial charge in [0.2, 0.25) is 0 Å². The molecule has 0 saturated carbocycles. The average Bonchev–Trinajstić information content (AvgIpc) is 2.95. The largest absolute Gasteiger partial charge is 0.491 e. The third-order valence-corrected chi connectivity index (χ3v) is 4.18. The van der Waals surface area contributed by atoms with Gasteiger partial charge in [0, 0.05) is 12.1 Å². The maximum Gasteiger partial charge on any atom is 0.368 e. The molecule has 3 rings (SSSR count). The number of hydrogen-bond acceptors (Lipinski definition) is 5. The molecule has 0 saturated heterocycles. The van der Waals surface area contributed by atoms with Crippen LogP contribution in [-0.2, 0) is 13.7 Å². The standard InChI is InChI=1S/C19H21ClN4O3/c1-12(2)27-17-7-5-6-16(24-19(25)23(4)21-22-24)15(17)11-26-18-10-14(20)9-8-13(18)3/h5-10,12H,11H2,1-4H3. The summed E-state index contributed by atoms with van der Waals surface area (Å²) >= 11 is 6.08. The molecular weight excluding hydrogens is 368 g/mol. The Morgan fingerprint density at radius 3 is 2.59 bits per heavy atom. The predicted molar refractivity (Wildman–Crippen MR) is 103 cm³/mol. The first-order valence-electron chi connectivity index (χ1n) is 8.53. The molecule has 0 amide bonds. The van der Waals surface area contributed by atoms with Crippen LogP contribution in [0.4, 0.5) is 0 Å². The highest BCUT2D eigenvalue weighted by molar-refractivity contribution is 6.30. The van der Waals surface area contributed by atoms with Crippen molar-refractivity contribution in [1.82, 2.24) is 19.8 Å². The maximum absolute atomic E-state index is 12.3. The number of tetrazole rings is 1. The van der Waals surface area contributed by atoms with Crippen LogP contribution < -0.4 is 15.2 Å². The van der Waals surface area contributed by atoms with Gasteiger partial charge in [0.1, 0.15) is 18.1 Å². The highest BCUT2D eigenvalue weighted by Crippen LogP contribution is 2.29. The van der Waals surface area contributed by atoms with Gasteiger partial charge in [-0.25, -0.2) is 4.79 Å². The zero-order valence-electron chi connectivity index (χ0n) is 15.6. The van der Waals surface area contributed by atoms with Crippen molar-refractivity contribution in [1.29, 1.82) is 0 Å². The Labute approximate surface area is 162 Å². The van der Waals surface area contributed by atoms with E-state index < -0.39 is 0 Å². The third-order valence-electron chi connectivity index (χ3n) is 3.94. The lowest BCUT2D eigenvalue weighted by Crippen LogP contribution is -2.23. The summed E-state index contributed by atoms with van der Waals surface area (Å²) < 4.78 is 14.3. The molecular formula is C19H21ClN4O3. The van der Waals surface area contributed by atoms with Crippen molar-refractivity contribution in [3.8, 4) is 17.2 Å². The number of rotatable bonds is 6. The van der Waals surface area contributed by atoms with E-state index in [2.05, 4.69) is 10.4 Å². The van der Waals surface area contributed by atoms with E-state index in [9.17, 15) is 4.79 Å². The summed E-state index contributed by atoms with van der Waals surface area (Å²) in [6.07, 6.45) is -0.0366. The van der Waals surface area contributed by atoms with Gasteiger partial charge in [-0.3, -0.25) is 0 Å². The molecule has 1 heterocycles. The van der Waals surface area contributed by atoms with E-state index in [1.807, 2.05) is 45.0 Å². The minimum Gasteiger partial charge on any atom is -0.491 e. The molecule has 142 valence electrons. The second kappa shape index (κ2) is 7.84. The van der Waals surface area contributed by atoms with Crippen molar-refractivity contribution in [3.63, 3.8) is 0 Å². The first-order chi connectivity index (χ1) is 12.9. The van der Waals surface area contributed by atoms with E-state index in [0.29, 0.717) is 27.8 Å².